The Morgan fingerprint density at radius 3 is 2.41 bits per heavy atom. The lowest BCUT2D eigenvalue weighted by Gasteiger charge is -2.05. The van der Waals surface area contributed by atoms with Crippen LogP contribution < -0.4 is 10.5 Å². The van der Waals surface area contributed by atoms with Crippen LogP contribution in [-0.2, 0) is 0 Å². The summed E-state index contributed by atoms with van der Waals surface area (Å²) in [5.74, 6) is 0.818. The number of anilines is 1. The lowest BCUT2D eigenvalue weighted by molar-refractivity contribution is 0.104. The van der Waals surface area contributed by atoms with Gasteiger partial charge in [-0.15, -0.1) is 0 Å². The Bertz CT molecular complexity index is 627. The smallest absolute Gasteiger partial charge is 0.185 e. The molecule has 0 aliphatic rings. The van der Waals surface area contributed by atoms with E-state index in [1.807, 2.05) is 24.3 Å². The summed E-state index contributed by atoms with van der Waals surface area (Å²) in [6.45, 7) is 2.87. The summed E-state index contributed by atoms with van der Waals surface area (Å²) in [7, 11) is 0. The Kier molecular flexibility index (Phi) is 5.78. The molecule has 0 fully saturated rings. The van der Waals surface area contributed by atoms with E-state index in [9.17, 15) is 4.79 Å². The van der Waals surface area contributed by atoms with Gasteiger partial charge in [-0.2, -0.15) is 0 Å². The van der Waals surface area contributed by atoms with E-state index < -0.39 is 0 Å². The predicted octanol–water partition coefficient (Wildman–Crippen LogP) is 4.34. The second kappa shape index (κ2) is 8.03. The lowest BCUT2D eigenvalue weighted by atomic mass is 10.1. The van der Waals surface area contributed by atoms with Crippen molar-refractivity contribution in [2.75, 3.05) is 12.3 Å². The van der Waals surface area contributed by atoms with Crippen molar-refractivity contribution >= 4 is 17.5 Å². The first kappa shape index (κ1) is 15.8. The highest BCUT2D eigenvalue weighted by Gasteiger charge is 2.01. The molecule has 0 bridgehead atoms. The first-order valence-electron chi connectivity index (χ1n) is 7.50. The van der Waals surface area contributed by atoms with E-state index in [4.69, 9.17) is 10.5 Å². The van der Waals surface area contributed by atoms with E-state index in [2.05, 4.69) is 6.92 Å². The van der Waals surface area contributed by atoms with Crippen LogP contribution in [0.3, 0.4) is 0 Å². The molecule has 3 nitrogen and oxygen atoms in total. The van der Waals surface area contributed by atoms with Crippen LogP contribution in [0.25, 0.3) is 6.08 Å². The van der Waals surface area contributed by atoms with Crippen molar-refractivity contribution in [3.05, 3.63) is 65.7 Å². The number of rotatable bonds is 7. The Balaban J connectivity index is 1.95. The highest BCUT2D eigenvalue weighted by atomic mass is 16.5. The van der Waals surface area contributed by atoms with Crippen molar-refractivity contribution in [3.63, 3.8) is 0 Å². The van der Waals surface area contributed by atoms with Crippen molar-refractivity contribution in [2.24, 2.45) is 0 Å². The number of hydrogen-bond acceptors (Lipinski definition) is 3. The number of benzene rings is 2. The molecule has 0 saturated heterocycles. The maximum Gasteiger partial charge on any atom is 0.185 e. The molecule has 0 aromatic heterocycles. The molecule has 3 heteroatoms. The predicted molar refractivity (Wildman–Crippen MR) is 91.1 cm³/mol. The SMILES string of the molecule is CCCCOc1ccc(C=CC(=O)c2ccc(N)cc2)cc1. The molecule has 114 valence electrons. The number of hydrogen-bond donors (Lipinski definition) is 1. The first-order valence-corrected chi connectivity index (χ1v) is 7.50. The minimum absolute atomic E-state index is 0.0386. The fraction of sp³-hybridized carbons (Fsp3) is 0.211. The average Bonchev–Trinajstić information content (AvgIpc) is 2.55. The second-order valence-corrected chi connectivity index (χ2v) is 5.09. The van der Waals surface area contributed by atoms with Gasteiger partial charge in [0.2, 0.25) is 0 Å². The first-order chi connectivity index (χ1) is 10.7. The minimum Gasteiger partial charge on any atom is -0.494 e. The van der Waals surface area contributed by atoms with Gasteiger partial charge >= 0.3 is 0 Å². The van der Waals surface area contributed by atoms with Crippen LogP contribution >= 0.6 is 0 Å². The zero-order valence-electron chi connectivity index (χ0n) is 12.8. The third-order valence-corrected chi connectivity index (χ3v) is 3.27. The molecule has 0 spiro atoms. The topological polar surface area (TPSA) is 52.3 Å². The van der Waals surface area contributed by atoms with Gasteiger partial charge in [-0.05, 0) is 54.5 Å². The van der Waals surface area contributed by atoms with Crippen LogP contribution in [0.1, 0.15) is 35.7 Å². The van der Waals surface area contributed by atoms with Crippen LogP contribution in [0, 0.1) is 0 Å². The van der Waals surface area contributed by atoms with Crippen LogP contribution in [0.15, 0.2) is 54.6 Å². The van der Waals surface area contributed by atoms with Gasteiger partial charge < -0.3 is 10.5 Å². The van der Waals surface area contributed by atoms with E-state index in [1.54, 1.807) is 36.4 Å². The summed E-state index contributed by atoms with van der Waals surface area (Å²) in [4.78, 5) is 12.0. The van der Waals surface area contributed by atoms with Gasteiger partial charge in [-0.3, -0.25) is 4.79 Å². The molecular formula is C19H21NO2. The maximum atomic E-state index is 12.0. The Morgan fingerprint density at radius 2 is 1.77 bits per heavy atom. The number of unbranched alkanes of at least 4 members (excludes halogenated alkanes) is 1. The van der Waals surface area contributed by atoms with Crippen LogP contribution in [0.2, 0.25) is 0 Å². The van der Waals surface area contributed by atoms with E-state index in [-0.39, 0.29) is 5.78 Å². The summed E-state index contributed by atoms with van der Waals surface area (Å²) in [5.41, 5.74) is 7.85. The normalized spacial score (nSPS) is 10.8. The molecule has 2 rings (SSSR count). The standard InChI is InChI=1S/C19H21NO2/c1-2-3-14-22-18-11-4-15(5-12-18)6-13-19(21)16-7-9-17(20)10-8-16/h4-13H,2-3,14,20H2,1H3. The Morgan fingerprint density at radius 1 is 1.09 bits per heavy atom. The zero-order chi connectivity index (χ0) is 15.8. The zero-order valence-corrected chi connectivity index (χ0v) is 12.8. The van der Waals surface area contributed by atoms with E-state index in [0.29, 0.717) is 11.3 Å². The highest BCUT2D eigenvalue weighted by molar-refractivity contribution is 6.06. The van der Waals surface area contributed by atoms with Gasteiger partial charge in [-0.1, -0.05) is 31.6 Å². The van der Waals surface area contributed by atoms with Crippen molar-refractivity contribution in [3.8, 4) is 5.75 Å². The molecular weight excluding hydrogens is 274 g/mol. The quantitative estimate of drug-likeness (QED) is 0.358. The molecule has 0 heterocycles. The molecule has 0 unspecified atom stereocenters. The van der Waals surface area contributed by atoms with E-state index in [1.165, 1.54) is 0 Å². The van der Waals surface area contributed by atoms with Crippen LogP contribution in [0.5, 0.6) is 5.75 Å². The molecule has 0 radical (unpaired) electrons. The number of carbonyl (C=O) groups excluding carboxylic acids is 1. The highest BCUT2D eigenvalue weighted by Crippen LogP contribution is 2.14. The van der Waals surface area contributed by atoms with Gasteiger partial charge in [0.1, 0.15) is 5.75 Å². The lowest BCUT2D eigenvalue weighted by Crippen LogP contribution is -1.96. The summed E-state index contributed by atoms with van der Waals surface area (Å²) >= 11 is 0. The number of ether oxygens (including phenoxy) is 1. The maximum absolute atomic E-state index is 12.0. The van der Waals surface area contributed by atoms with Crippen molar-refractivity contribution in [2.45, 2.75) is 19.8 Å². The summed E-state index contributed by atoms with van der Waals surface area (Å²) in [6, 6.07) is 14.6. The number of nitrogen functional groups attached to an aromatic ring is 1. The fourth-order valence-electron chi connectivity index (χ4n) is 1.93. The second-order valence-electron chi connectivity index (χ2n) is 5.09. The molecule has 2 N–H and O–H groups in total. The Labute approximate surface area is 131 Å². The number of ketones is 1. The molecule has 2 aromatic rings. The molecule has 0 aliphatic heterocycles. The van der Waals surface area contributed by atoms with Crippen LogP contribution in [-0.4, -0.2) is 12.4 Å². The third-order valence-electron chi connectivity index (χ3n) is 3.27. The summed E-state index contributed by atoms with van der Waals surface area (Å²) < 4.78 is 5.60. The van der Waals surface area contributed by atoms with Crippen molar-refractivity contribution in [1.29, 1.82) is 0 Å². The summed E-state index contributed by atoms with van der Waals surface area (Å²) in [6.07, 6.45) is 5.54. The van der Waals surface area contributed by atoms with E-state index in [0.717, 1.165) is 30.8 Å². The van der Waals surface area contributed by atoms with Crippen molar-refractivity contribution in [1.82, 2.24) is 0 Å². The molecule has 2 aromatic carbocycles. The molecule has 0 saturated carbocycles. The van der Waals surface area contributed by atoms with Crippen LogP contribution in [0.4, 0.5) is 5.69 Å². The van der Waals surface area contributed by atoms with Gasteiger partial charge in [-0.25, -0.2) is 0 Å². The monoisotopic (exact) mass is 295 g/mol. The van der Waals surface area contributed by atoms with Gasteiger partial charge in [0.05, 0.1) is 6.61 Å². The number of nitrogens with two attached hydrogens (primary N) is 1. The third kappa shape index (κ3) is 4.77. The van der Waals surface area contributed by atoms with Crippen molar-refractivity contribution < 1.29 is 9.53 Å². The van der Waals surface area contributed by atoms with Gasteiger partial charge in [0.25, 0.3) is 0 Å². The molecule has 0 amide bonds. The molecule has 0 aliphatic carbocycles. The fourth-order valence-corrected chi connectivity index (χ4v) is 1.93. The number of allylic oxidation sites excluding steroid dienone is 1. The molecule has 22 heavy (non-hydrogen) atoms. The average molecular weight is 295 g/mol. The largest absolute Gasteiger partial charge is 0.494 e. The van der Waals surface area contributed by atoms with Gasteiger partial charge in [0.15, 0.2) is 5.78 Å². The number of carbonyl (C=O) groups is 1. The minimum atomic E-state index is -0.0386. The van der Waals surface area contributed by atoms with E-state index >= 15 is 0 Å². The Hall–Kier alpha value is -2.55. The molecule has 0 atom stereocenters. The van der Waals surface area contributed by atoms with Gasteiger partial charge in [0, 0.05) is 11.3 Å². The summed E-state index contributed by atoms with van der Waals surface area (Å²) in [5, 5.41) is 0.